The predicted molar refractivity (Wildman–Crippen MR) is 75.4 cm³/mol. The van der Waals surface area contributed by atoms with E-state index in [-0.39, 0.29) is 11.8 Å². The Labute approximate surface area is 115 Å². The van der Waals surface area contributed by atoms with Crippen LogP contribution in [-0.2, 0) is 0 Å². The number of hydrogen-bond acceptors (Lipinski definition) is 2. The smallest absolute Gasteiger partial charge is 0.126 e. The van der Waals surface area contributed by atoms with Gasteiger partial charge in [0.15, 0.2) is 0 Å². The van der Waals surface area contributed by atoms with E-state index in [0.29, 0.717) is 0 Å². The maximum Gasteiger partial charge on any atom is 0.126 e. The standard InChI is InChI=1S/C15H20ClNO/c1-8(2)12(7-17)13-11(5)14(16)9(3)10(4)15(13)18-6/h8,12H,1-6H3. The molecule has 0 aliphatic heterocycles. The lowest BCUT2D eigenvalue weighted by atomic mass is 9.84. The van der Waals surface area contributed by atoms with E-state index in [2.05, 4.69) is 6.07 Å². The largest absolute Gasteiger partial charge is 0.496 e. The molecule has 98 valence electrons. The molecule has 0 bridgehead atoms. The van der Waals surface area contributed by atoms with Gasteiger partial charge in [0.1, 0.15) is 5.75 Å². The maximum atomic E-state index is 9.40. The second-order valence-electron chi connectivity index (χ2n) is 4.99. The van der Waals surface area contributed by atoms with Crippen LogP contribution in [0.5, 0.6) is 5.75 Å². The average Bonchev–Trinajstić information content (AvgIpc) is 2.33. The third-order valence-electron chi connectivity index (χ3n) is 3.53. The number of nitrogens with zero attached hydrogens (tertiary/aromatic N) is 1. The van der Waals surface area contributed by atoms with Gasteiger partial charge in [-0.25, -0.2) is 0 Å². The third kappa shape index (κ3) is 2.33. The van der Waals surface area contributed by atoms with Gasteiger partial charge in [-0.05, 0) is 43.4 Å². The normalized spacial score (nSPS) is 12.4. The summed E-state index contributed by atoms with van der Waals surface area (Å²) in [7, 11) is 1.65. The van der Waals surface area contributed by atoms with E-state index in [1.54, 1.807) is 7.11 Å². The predicted octanol–water partition coefficient (Wildman–Crippen LogP) is 4.54. The monoisotopic (exact) mass is 265 g/mol. The van der Waals surface area contributed by atoms with Crippen LogP contribution in [0.25, 0.3) is 0 Å². The first-order valence-electron chi connectivity index (χ1n) is 6.09. The number of methoxy groups -OCH3 is 1. The molecule has 0 N–H and O–H groups in total. The van der Waals surface area contributed by atoms with Crippen LogP contribution in [0.15, 0.2) is 0 Å². The molecule has 0 aliphatic rings. The molecule has 2 nitrogen and oxygen atoms in total. The Morgan fingerprint density at radius 1 is 1.11 bits per heavy atom. The maximum absolute atomic E-state index is 9.40. The highest BCUT2D eigenvalue weighted by atomic mass is 35.5. The Morgan fingerprint density at radius 3 is 2.06 bits per heavy atom. The number of rotatable bonds is 3. The zero-order valence-electron chi connectivity index (χ0n) is 11.9. The van der Waals surface area contributed by atoms with Crippen LogP contribution in [0.2, 0.25) is 5.02 Å². The lowest BCUT2D eigenvalue weighted by Crippen LogP contribution is -2.10. The van der Waals surface area contributed by atoms with Crippen molar-refractivity contribution in [3.8, 4) is 11.8 Å². The van der Waals surface area contributed by atoms with Gasteiger partial charge in [-0.2, -0.15) is 5.26 Å². The molecule has 0 amide bonds. The fraction of sp³-hybridized carbons (Fsp3) is 0.533. The molecule has 1 aromatic carbocycles. The minimum atomic E-state index is -0.197. The molecular weight excluding hydrogens is 246 g/mol. The Bertz CT molecular complexity index is 500. The van der Waals surface area contributed by atoms with Gasteiger partial charge in [-0.3, -0.25) is 0 Å². The molecular formula is C15H20ClNO. The topological polar surface area (TPSA) is 33.0 Å². The van der Waals surface area contributed by atoms with E-state index in [9.17, 15) is 5.26 Å². The van der Waals surface area contributed by atoms with Gasteiger partial charge in [0.25, 0.3) is 0 Å². The number of hydrogen-bond donors (Lipinski definition) is 0. The zero-order chi connectivity index (χ0) is 14.0. The van der Waals surface area contributed by atoms with Crippen molar-refractivity contribution in [1.82, 2.24) is 0 Å². The van der Waals surface area contributed by atoms with E-state index in [0.717, 1.165) is 33.0 Å². The molecule has 3 heteroatoms. The summed E-state index contributed by atoms with van der Waals surface area (Å²) in [5, 5.41) is 10.1. The van der Waals surface area contributed by atoms with Gasteiger partial charge in [0, 0.05) is 10.6 Å². The summed E-state index contributed by atoms with van der Waals surface area (Å²) in [6.07, 6.45) is 0. The van der Waals surface area contributed by atoms with E-state index in [1.165, 1.54) is 0 Å². The molecule has 1 rings (SSSR count). The van der Waals surface area contributed by atoms with Crippen LogP contribution in [-0.4, -0.2) is 7.11 Å². The van der Waals surface area contributed by atoms with Crippen LogP contribution in [0.3, 0.4) is 0 Å². The van der Waals surface area contributed by atoms with Crippen LogP contribution in [0.1, 0.15) is 42.0 Å². The van der Waals surface area contributed by atoms with Crippen LogP contribution in [0.4, 0.5) is 0 Å². The van der Waals surface area contributed by atoms with Crippen molar-refractivity contribution >= 4 is 11.6 Å². The summed E-state index contributed by atoms with van der Waals surface area (Å²) >= 11 is 6.36. The number of nitriles is 1. The summed E-state index contributed by atoms with van der Waals surface area (Å²) < 4.78 is 5.52. The van der Waals surface area contributed by atoms with Crippen molar-refractivity contribution in [2.24, 2.45) is 5.92 Å². The highest BCUT2D eigenvalue weighted by molar-refractivity contribution is 6.32. The molecule has 0 fully saturated rings. The van der Waals surface area contributed by atoms with E-state index < -0.39 is 0 Å². The van der Waals surface area contributed by atoms with Crippen molar-refractivity contribution in [2.45, 2.75) is 40.5 Å². The van der Waals surface area contributed by atoms with Gasteiger partial charge in [0.05, 0.1) is 19.1 Å². The van der Waals surface area contributed by atoms with Crippen molar-refractivity contribution in [3.63, 3.8) is 0 Å². The molecule has 18 heavy (non-hydrogen) atoms. The number of benzene rings is 1. The SMILES string of the molecule is COc1c(C)c(C)c(Cl)c(C)c1C(C#N)C(C)C. The van der Waals surface area contributed by atoms with E-state index in [1.807, 2.05) is 34.6 Å². The molecule has 1 unspecified atom stereocenters. The molecule has 1 atom stereocenters. The Morgan fingerprint density at radius 2 is 1.67 bits per heavy atom. The molecule has 0 radical (unpaired) electrons. The molecule has 0 aliphatic carbocycles. The Hall–Kier alpha value is -1.20. The van der Waals surface area contributed by atoms with E-state index >= 15 is 0 Å². The highest BCUT2D eigenvalue weighted by Gasteiger charge is 2.25. The summed E-state index contributed by atoms with van der Waals surface area (Å²) in [6, 6.07) is 2.37. The second kappa shape index (κ2) is 5.63. The molecule has 0 saturated carbocycles. The van der Waals surface area contributed by atoms with Crippen molar-refractivity contribution < 1.29 is 4.74 Å². The Balaban J connectivity index is 3.67. The van der Waals surface area contributed by atoms with Crippen molar-refractivity contribution in [2.75, 3.05) is 7.11 Å². The summed E-state index contributed by atoms with van der Waals surface area (Å²) in [5.41, 5.74) is 3.93. The summed E-state index contributed by atoms with van der Waals surface area (Å²) in [6.45, 7) is 10.00. The second-order valence-corrected chi connectivity index (χ2v) is 5.36. The summed E-state index contributed by atoms with van der Waals surface area (Å²) in [4.78, 5) is 0. The fourth-order valence-corrected chi connectivity index (χ4v) is 2.53. The van der Waals surface area contributed by atoms with Crippen LogP contribution >= 0.6 is 11.6 Å². The third-order valence-corrected chi connectivity index (χ3v) is 4.10. The number of halogens is 1. The molecule has 0 aromatic heterocycles. The molecule has 0 heterocycles. The lowest BCUT2D eigenvalue weighted by Gasteiger charge is -2.23. The fourth-order valence-electron chi connectivity index (χ4n) is 2.29. The number of ether oxygens (including phenoxy) is 1. The summed E-state index contributed by atoms with van der Waals surface area (Å²) in [5.74, 6) is 0.826. The van der Waals surface area contributed by atoms with Crippen molar-refractivity contribution in [1.29, 1.82) is 5.26 Å². The van der Waals surface area contributed by atoms with Gasteiger partial charge in [0.2, 0.25) is 0 Å². The first kappa shape index (κ1) is 14.9. The lowest BCUT2D eigenvalue weighted by molar-refractivity contribution is 0.399. The minimum Gasteiger partial charge on any atom is -0.496 e. The molecule has 0 saturated heterocycles. The molecule has 0 spiro atoms. The highest BCUT2D eigenvalue weighted by Crippen LogP contribution is 2.41. The molecule has 1 aromatic rings. The van der Waals surface area contributed by atoms with Crippen LogP contribution < -0.4 is 4.74 Å². The van der Waals surface area contributed by atoms with Crippen molar-refractivity contribution in [3.05, 3.63) is 27.3 Å². The zero-order valence-corrected chi connectivity index (χ0v) is 12.6. The van der Waals surface area contributed by atoms with Gasteiger partial charge < -0.3 is 4.74 Å². The Kier molecular flexibility index (Phi) is 4.65. The van der Waals surface area contributed by atoms with Gasteiger partial charge >= 0.3 is 0 Å². The average molecular weight is 266 g/mol. The van der Waals surface area contributed by atoms with E-state index in [4.69, 9.17) is 16.3 Å². The van der Waals surface area contributed by atoms with Crippen LogP contribution in [0, 0.1) is 38.0 Å². The first-order valence-corrected chi connectivity index (χ1v) is 6.47. The minimum absolute atomic E-state index is 0.197. The quantitative estimate of drug-likeness (QED) is 0.804. The van der Waals surface area contributed by atoms with Gasteiger partial charge in [-0.15, -0.1) is 0 Å². The first-order chi connectivity index (χ1) is 8.36. The van der Waals surface area contributed by atoms with Gasteiger partial charge in [-0.1, -0.05) is 25.4 Å².